The molecule has 0 saturated heterocycles. The summed E-state index contributed by atoms with van der Waals surface area (Å²) in [6, 6.07) is 3.90. The molecular weight excluding hydrogens is 270 g/mol. The molecule has 1 amide bonds. The van der Waals surface area contributed by atoms with Crippen LogP contribution in [-0.2, 0) is 4.79 Å². The van der Waals surface area contributed by atoms with E-state index in [4.69, 9.17) is 0 Å². The Balaban J connectivity index is 1.79. The Bertz CT molecular complexity index is 520. The van der Waals surface area contributed by atoms with Crippen LogP contribution in [0.2, 0.25) is 0 Å². The fourth-order valence-corrected chi connectivity index (χ4v) is 2.36. The number of hydrazone groups is 1. The number of H-pyrrole nitrogens is 1. The van der Waals surface area contributed by atoms with Gasteiger partial charge in [-0.2, -0.15) is 10.2 Å². The molecule has 0 fully saturated rings. The molecule has 0 aliphatic heterocycles. The van der Waals surface area contributed by atoms with Crippen LogP contribution in [0.4, 0.5) is 0 Å². The van der Waals surface area contributed by atoms with E-state index in [0.29, 0.717) is 5.16 Å². The van der Waals surface area contributed by atoms with Crippen molar-refractivity contribution in [1.82, 2.24) is 20.6 Å². The molecule has 2 rings (SSSR count). The smallest absolute Gasteiger partial charge is 0.250 e. The maximum Gasteiger partial charge on any atom is 0.250 e. The van der Waals surface area contributed by atoms with E-state index in [9.17, 15) is 4.79 Å². The average Bonchev–Trinajstić information content (AvgIpc) is 3.05. The van der Waals surface area contributed by atoms with E-state index in [1.165, 1.54) is 18.1 Å². The molecule has 2 aromatic heterocycles. The van der Waals surface area contributed by atoms with Gasteiger partial charge >= 0.3 is 0 Å². The highest BCUT2D eigenvalue weighted by Gasteiger charge is 2.04. The zero-order chi connectivity index (χ0) is 12.8. The van der Waals surface area contributed by atoms with Gasteiger partial charge in [-0.15, -0.1) is 11.3 Å². The predicted octanol–water partition coefficient (Wildman–Crippen LogP) is 1.50. The maximum absolute atomic E-state index is 11.5. The Morgan fingerprint density at radius 2 is 2.56 bits per heavy atom. The highest BCUT2D eigenvalue weighted by atomic mass is 32.2. The molecule has 0 atom stereocenters. The molecule has 0 bridgehead atoms. The monoisotopic (exact) mass is 281 g/mol. The van der Waals surface area contributed by atoms with Gasteiger partial charge in [0.2, 0.25) is 0 Å². The van der Waals surface area contributed by atoms with Crippen LogP contribution in [-0.4, -0.2) is 32.6 Å². The Kier molecular flexibility index (Phi) is 4.48. The summed E-state index contributed by atoms with van der Waals surface area (Å²) in [5.74, 6) is 0.0727. The van der Waals surface area contributed by atoms with E-state index < -0.39 is 0 Å². The van der Waals surface area contributed by atoms with Crippen LogP contribution in [0, 0.1) is 0 Å². The summed E-state index contributed by atoms with van der Waals surface area (Å²) in [7, 11) is 0. The first-order valence-corrected chi connectivity index (χ1v) is 6.97. The number of thioether (sulfide) groups is 1. The van der Waals surface area contributed by atoms with Crippen LogP contribution in [0.3, 0.4) is 0 Å². The lowest BCUT2D eigenvalue weighted by molar-refractivity contribution is -0.118. The molecule has 0 saturated carbocycles. The lowest BCUT2D eigenvalue weighted by atomic mass is 10.3. The maximum atomic E-state index is 11.5. The van der Waals surface area contributed by atoms with Gasteiger partial charge in [-0.1, -0.05) is 17.8 Å². The number of nitrogens with one attached hydrogen (secondary N) is 2. The Morgan fingerprint density at radius 1 is 1.67 bits per heavy atom. The van der Waals surface area contributed by atoms with Gasteiger partial charge in [-0.25, -0.2) is 10.4 Å². The average molecular weight is 281 g/mol. The van der Waals surface area contributed by atoms with Gasteiger partial charge in [0.25, 0.3) is 5.91 Å². The lowest BCUT2D eigenvalue weighted by Crippen LogP contribution is -2.21. The third-order valence-corrected chi connectivity index (χ3v) is 3.81. The normalized spacial score (nSPS) is 11.5. The van der Waals surface area contributed by atoms with Crippen LogP contribution >= 0.6 is 23.1 Å². The third kappa shape index (κ3) is 3.67. The van der Waals surface area contributed by atoms with Gasteiger partial charge in [0, 0.05) is 4.88 Å². The largest absolute Gasteiger partial charge is 0.272 e. The number of aromatic amines is 1. The van der Waals surface area contributed by atoms with Crippen molar-refractivity contribution in [2.45, 2.75) is 12.1 Å². The van der Waals surface area contributed by atoms with Crippen LogP contribution in [0.25, 0.3) is 0 Å². The van der Waals surface area contributed by atoms with Gasteiger partial charge in [-0.3, -0.25) is 9.89 Å². The Hall–Kier alpha value is -1.67. The number of thiophene rings is 1. The van der Waals surface area contributed by atoms with Crippen LogP contribution in [0.5, 0.6) is 0 Å². The zero-order valence-electron chi connectivity index (χ0n) is 9.58. The van der Waals surface area contributed by atoms with Crippen molar-refractivity contribution >= 4 is 34.7 Å². The van der Waals surface area contributed by atoms with Crippen molar-refractivity contribution in [2.24, 2.45) is 5.10 Å². The molecule has 0 radical (unpaired) electrons. The minimum absolute atomic E-state index is 0.174. The van der Waals surface area contributed by atoms with E-state index in [-0.39, 0.29) is 11.7 Å². The number of hydrogen-bond donors (Lipinski definition) is 2. The minimum Gasteiger partial charge on any atom is -0.272 e. The van der Waals surface area contributed by atoms with Gasteiger partial charge in [0.1, 0.15) is 6.33 Å². The number of carbonyl (C=O) groups excluding carboxylic acids is 1. The number of nitrogens with zero attached hydrogens (tertiary/aromatic N) is 3. The molecule has 0 aliphatic carbocycles. The van der Waals surface area contributed by atoms with Crippen LogP contribution < -0.4 is 5.43 Å². The quantitative estimate of drug-likeness (QED) is 0.494. The van der Waals surface area contributed by atoms with Gasteiger partial charge in [-0.05, 0) is 18.4 Å². The van der Waals surface area contributed by atoms with Crippen molar-refractivity contribution in [2.75, 3.05) is 5.75 Å². The van der Waals surface area contributed by atoms with E-state index in [0.717, 1.165) is 10.6 Å². The number of rotatable bonds is 5. The molecule has 2 heterocycles. The molecule has 0 unspecified atom stereocenters. The summed E-state index contributed by atoms with van der Waals surface area (Å²) in [6.07, 6.45) is 1.40. The molecule has 0 spiro atoms. The van der Waals surface area contributed by atoms with E-state index >= 15 is 0 Å². The summed E-state index contributed by atoms with van der Waals surface area (Å²) in [5.41, 5.74) is 3.30. The summed E-state index contributed by atoms with van der Waals surface area (Å²) in [5, 5.41) is 13.0. The SMILES string of the molecule is C/C(=N/NC(=O)CSc1ncn[nH]1)c1cccs1. The second kappa shape index (κ2) is 6.31. The third-order valence-electron chi connectivity index (χ3n) is 1.96. The highest BCUT2D eigenvalue weighted by Crippen LogP contribution is 2.10. The predicted molar refractivity (Wildman–Crippen MR) is 71.8 cm³/mol. The summed E-state index contributed by atoms with van der Waals surface area (Å²) in [6.45, 7) is 1.86. The van der Waals surface area contributed by atoms with E-state index in [2.05, 4.69) is 25.7 Å². The second-order valence-electron chi connectivity index (χ2n) is 3.29. The lowest BCUT2D eigenvalue weighted by Gasteiger charge is -1.99. The van der Waals surface area contributed by atoms with Crippen molar-refractivity contribution in [1.29, 1.82) is 0 Å². The molecule has 8 heteroatoms. The van der Waals surface area contributed by atoms with E-state index in [1.807, 2.05) is 24.4 Å². The topological polar surface area (TPSA) is 83.0 Å². The first kappa shape index (κ1) is 12.8. The van der Waals surface area contributed by atoms with Gasteiger partial charge in [0.15, 0.2) is 5.16 Å². The fourth-order valence-electron chi connectivity index (χ4n) is 1.12. The Labute approximate surface area is 112 Å². The summed E-state index contributed by atoms with van der Waals surface area (Å²) in [4.78, 5) is 16.5. The first-order valence-electron chi connectivity index (χ1n) is 5.11. The number of hydrogen-bond acceptors (Lipinski definition) is 6. The summed E-state index contributed by atoms with van der Waals surface area (Å²) < 4.78 is 0. The molecule has 2 N–H and O–H groups in total. The fraction of sp³-hybridized carbons (Fsp3) is 0.200. The minimum atomic E-state index is -0.174. The first-order chi connectivity index (χ1) is 8.75. The number of aromatic nitrogens is 3. The molecule has 0 aliphatic rings. The molecule has 2 aromatic rings. The molecule has 0 aromatic carbocycles. The standard InChI is InChI=1S/C10H11N5OS2/c1-7(8-3-2-4-17-8)13-14-9(16)5-18-10-11-6-12-15-10/h2-4,6H,5H2,1H3,(H,14,16)(H,11,12,15)/b13-7-. The zero-order valence-corrected chi connectivity index (χ0v) is 11.2. The highest BCUT2D eigenvalue weighted by molar-refractivity contribution is 7.99. The van der Waals surface area contributed by atoms with Gasteiger partial charge in [0.05, 0.1) is 11.5 Å². The second-order valence-corrected chi connectivity index (χ2v) is 5.20. The van der Waals surface area contributed by atoms with Crippen molar-refractivity contribution in [3.8, 4) is 0 Å². The summed E-state index contributed by atoms with van der Waals surface area (Å²) >= 11 is 2.86. The number of carbonyl (C=O) groups is 1. The van der Waals surface area contributed by atoms with E-state index in [1.54, 1.807) is 11.3 Å². The van der Waals surface area contributed by atoms with Crippen LogP contribution in [0.15, 0.2) is 34.1 Å². The van der Waals surface area contributed by atoms with Crippen LogP contribution in [0.1, 0.15) is 11.8 Å². The van der Waals surface area contributed by atoms with Crippen molar-refractivity contribution < 1.29 is 4.79 Å². The molecule has 94 valence electrons. The Morgan fingerprint density at radius 3 is 3.22 bits per heavy atom. The molecule has 6 nitrogen and oxygen atoms in total. The number of amides is 1. The van der Waals surface area contributed by atoms with Crippen molar-refractivity contribution in [3.05, 3.63) is 28.7 Å². The molecular formula is C10H11N5OS2. The molecule has 18 heavy (non-hydrogen) atoms. The van der Waals surface area contributed by atoms with Gasteiger partial charge < -0.3 is 0 Å². The van der Waals surface area contributed by atoms with Crippen molar-refractivity contribution in [3.63, 3.8) is 0 Å².